The molecule has 1 heterocycles. The Morgan fingerprint density at radius 3 is 2.50 bits per heavy atom. The van der Waals surface area contributed by atoms with Crippen LogP contribution in [0.2, 0.25) is 0 Å². The molecule has 1 aromatic heterocycles. The van der Waals surface area contributed by atoms with Crippen LogP contribution >= 0.6 is 0 Å². The van der Waals surface area contributed by atoms with E-state index in [0.29, 0.717) is 11.1 Å². The summed E-state index contributed by atoms with van der Waals surface area (Å²) in [5.74, 6) is -0.412. The van der Waals surface area contributed by atoms with Crippen LogP contribution in [0.25, 0.3) is 4.85 Å². The highest BCUT2D eigenvalue weighted by Crippen LogP contribution is 2.20. The minimum Gasteiger partial charge on any atom is -0.860 e. The van der Waals surface area contributed by atoms with E-state index in [9.17, 15) is 9.90 Å². The zero-order valence-corrected chi connectivity index (χ0v) is 6.76. The smallest absolute Gasteiger partial charge is 0.254 e. The first-order chi connectivity index (χ1) is 5.57. The molecule has 12 heavy (non-hydrogen) atoms. The van der Waals surface area contributed by atoms with Crippen LogP contribution in [0.1, 0.15) is 11.1 Å². The van der Waals surface area contributed by atoms with Gasteiger partial charge in [-0.25, -0.2) is 4.85 Å². The van der Waals surface area contributed by atoms with Crippen LogP contribution in [0.3, 0.4) is 0 Å². The fourth-order valence-corrected chi connectivity index (χ4v) is 0.909. The number of aromatic amines is 1. The lowest BCUT2D eigenvalue weighted by Crippen LogP contribution is -2.12. The molecule has 1 aromatic rings. The maximum Gasteiger partial charge on any atom is 0.254 e. The lowest BCUT2D eigenvalue weighted by atomic mass is 10.1. The topological polar surface area (TPSA) is 60.3 Å². The Labute approximate surface area is 69.3 Å². The van der Waals surface area contributed by atoms with Gasteiger partial charge in [0, 0.05) is 0 Å². The Morgan fingerprint density at radius 2 is 2.00 bits per heavy atom. The van der Waals surface area contributed by atoms with Gasteiger partial charge in [-0.15, -0.1) is 0 Å². The zero-order valence-electron chi connectivity index (χ0n) is 6.76. The number of pyridine rings is 1. The third kappa shape index (κ3) is 1.05. The molecule has 0 saturated heterocycles. The van der Waals surface area contributed by atoms with Crippen LogP contribution in [-0.4, -0.2) is 4.98 Å². The van der Waals surface area contributed by atoms with Gasteiger partial charge in [-0.3, -0.25) is 4.79 Å². The zero-order chi connectivity index (χ0) is 9.30. The van der Waals surface area contributed by atoms with Crippen LogP contribution in [0, 0.1) is 20.4 Å². The summed E-state index contributed by atoms with van der Waals surface area (Å²) in [6.07, 6.45) is 0. The van der Waals surface area contributed by atoms with Crippen molar-refractivity contribution in [1.29, 1.82) is 0 Å². The number of aromatic nitrogens is 1. The molecule has 4 nitrogen and oxygen atoms in total. The molecule has 0 radical (unpaired) electrons. The number of hydrogen-bond acceptors (Lipinski definition) is 2. The van der Waals surface area contributed by atoms with Crippen molar-refractivity contribution in [2.24, 2.45) is 0 Å². The molecule has 0 aromatic carbocycles. The Balaban J connectivity index is 3.66. The normalized spacial score (nSPS) is 9.42. The standard InChI is InChI=1S/C8H8N2O2/c1-4-5(2)7(11)10-8(12)6(4)9-3/h1-2H3,(H2,10,11,12)/p-1. The highest BCUT2D eigenvalue weighted by atomic mass is 16.3. The lowest BCUT2D eigenvalue weighted by molar-refractivity contribution is -0.276. The van der Waals surface area contributed by atoms with Crippen LogP contribution in [0.15, 0.2) is 4.79 Å². The van der Waals surface area contributed by atoms with Crippen molar-refractivity contribution < 1.29 is 5.11 Å². The van der Waals surface area contributed by atoms with Crippen LogP contribution < -0.4 is 10.7 Å². The van der Waals surface area contributed by atoms with Gasteiger partial charge in [0.1, 0.15) is 0 Å². The average Bonchev–Trinajstić information content (AvgIpc) is 2.01. The van der Waals surface area contributed by atoms with E-state index >= 15 is 0 Å². The Hall–Kier alpha value is -1.76. The van der Waals surface area contributed by atoms with Gasteiger partial charge in [-0.05, 0) is 30.9 Å². The minimum atomic E-state index is -0.599. The summed E-state index contributed by atoms with van der Waals surface area (Å²) in [6, 6.07) is 0. The fourth-order valence-electron chi connectivity index (χ4n) is 0.909. The largest absolute Gasteiger partial charge is 0.860 e. The highest BCUT2D eigenvalue weighted by Gasteiger charge is 2.05. The third-order valence-corrected chi connectivity index (χ3v) is 1.81. The first-order valence-corrected chi connectivity index (χ1v) is 3.36. The summed E-state index contributed by atoms with van der Waals surface area (Å²) in [7, 11) is 0. The van der Waals surface area contributed by atoms with Crippen LogP contribution in [0.5, 0.6) is 5.88 Å². The van der Waals surface area contributed by atoms with E-state index in [2.05, 4.69) is 9.83 Å². The van der Waals surface area contributed by atoms with Gasteiger partial charge >= 0.3 is 0 Å². The van der Waals surface area contributed by atoms with E-state index in [0.717, 1.165) is 0 Å². The van der Waals surface area contributed by atoms with E-state index in [1.807, 2.05) is 0 Å². The molecule has 0 bridgehead atoms. The van der Waals surface area contributed by atoms with Gasteiger partial charge in [0.05, 0.1) is 6.57 Å². The van der Waals surface area contributed by atoms with E-state index in [1.165, 1.54) is 0 Å². The first kappa shape index (κ1) is 8.34. The number of hydrogen-bond donors (Lipinski definition) is 1. The fraction of sp³-hybridized carbons (Fsp3) is 0.250. The van der Waals surface area contributed by atoms with Crippen LogP contribution in [-0.2, 0) is 0 Å². The molecule has 0 amide bonds. The highest BCUT2D eigenvalue weighted by molar-refractivity contribution is 5.54. The Bertz CT molecular complexity index is 412. The predicted molar refractivity (Wildman–Crippen MR) is 42.2 cm³/mol. The van der Waals surface area contributed by atoms with Gasteiger partial charge in [0.25, 0.3) is 11.2 Å². The van der Waals surface area contributed by atoms with Crippen molar-refractivity contribution in [1.82, 2.24) is 4.98 Å². The predicted octanol–water partition coefficient (Wildman–Crippen LogP) is 0.616. The van der Waals surface area contributed by atoms with Gasteiger partial charge in [-0.2, -0.15) is 0 Å². The lowest BCUT2D eigenvalue weighted by Gasteiger charge is -2.12. The van der Waals surface area contributed by atoms with Crippen molar-refractivity contribution in [3.8, 4) is 5.88 Å². The summed E-state index contributed by atoms with van der Waals surface area (Å²) in [4.78, 5) is 16.1. The van der Waals surface area contributed by atoms with Gasteiger partial charge in [-0.1, -0.05) is 0 Å². The van der Waals surface area contributed by atoms with E-state index in [-0.39, 0.29) is 5.69 Å². The second kappa shape index (κ2) is 2.70. The first-order valence-electron chi connectivity index (χ1n) is 3.36. The molecule has 0 unspecified atom stereocenters. The third-order valence-electron chi connectivity index (χ3n) is 1.81. The van der Waals surface area contributed by atoms with Crippen molar-refractivity contribution in [3.63, 3.8) is 0 Å². The number of rotatable bonds is 0. The molecule has 0 aliphatic carbocycles. The van der Waals surface area contributed by atoms with Gasteiger partial charge < -0.3 is 10.1 Å². The Morgan fingerprint density at radius 1 is 1.42 bits per heavy atom. The average molecular weight is 163 g/mol. The maximum absolute atomic E-state index is 11.0. The summed E-state index contributed by atoms with van der Waals surface area (Å²) < 4.78 is 0. The molecule has 4 heteroatoms. The molecule has 0 aliphatic heterocycles. The Kier molecular flexibility index (Phi) is 1.88. The van der Waals surface area contributed by atoms with E-state index in [4.69, 9.17) is 6.57 Å². The van der Waals surface area contributed by atoms with Gasteiger partial charge in [0.2, 0.25) is 0 Å². The molecular weight excluding hydrogens is 156 g/mol. The summed E-state index contributed by atoms with van der Waals surface area (Å²) in [5.41, 5.74) is 0.310. The van der Waals surface area contributed by atoms with Crippen molar-refractivity contribution in [3.05, 3.63) is 32.9 Å². The second-order valence-electron chi connectivity index (χ2n) is 2.49. The van der Waals surface area contributed by atoms with E-state index < -0.39 is 11.4 Å². The van der Waals surface area contributed by atoms with Crippen LogP contribution in [0.4, 0.5) is 5.69 Å². The molecule has 0 atom stereocenters. The monoisotopic (exact) mass is 163 g/mol. The maximum atomic E-state index is 11.0. The second-order valence-corrected chi connectivity index (χ2v) is 2.49. The number of H-pyrrole nitrogens is 1. The van der Waals surface area contributed by atoms with Crippen molar-refractivity contribution >= 4 is 5.69 Å². The molecule has 1 rings (SSSR count). The number of nitrogens with zero attached hydrogens (tertiary/aromatic N) is 1. The molecule has 0 saturated carbocycles. The molecular formula is C8H7N2O2-. The summed E-state index contributed by atoms with van der Waals surface area (Å²) >= 11 is 0. The van der Waals surface area contributed by atoms with Gasteiger partial charge in [0.15, 0.2) is 0 Å². The number of nitrogens with one attached hydrogen (secondary N) is 1. The molecule has 0 fully saturated rings. The molecule has 0 aliphatic rings. The van der Waals surface area contributed by atoms with Crippen molar-refractivity contribution in [2.75, 3.05) is 0 Å². The van der Waals surface area contributed by atoms with Crippen molar-refractivity contribution in [2.45, 2.75) is 13.8 Å². The van der Waals surface area contributed by atoms with E-state index in [1.54, 1.807) is 13.8 Å². The summed E-state index contributed by atoms with van der Waals surface area (Å²) in [5, 5.41) is 11.0. The quantitative estimate of drug-likeness (QED) is 0.570. The molecule has 0 spiro atoms. The summed E-state index contributed by atoms with van der Waals surface area (Å²) in [6.45, 7) is 9.88. The SMILES string of the molecule is [C-]#[N+]c1c(C)c(C)c([O-])[nH]c1=O. The molecule has 1 N–H and O–H groups in total. The molecule has 62 valence electrons. The minimum absolute atomic E-state index is 0.00657.